The molecule has 0 aliphatic carbocycles. The van der Waals surface area contributed by atoms with E-state index in [4.69, 9.17) is 0 Å². The Hall–Kier alpha value is -1.78. The fourth-order valence-electron chi connectivity index (χ4n) is 2.38. The summed E-state index contributed by atoms with van der Waals surface area (Å²) in [6.07, 6.45) is 4.91. The van der Waals surface area contributed by atoms with Gasteiger partial charge in [0.1, 0.15) is 0 Å². The number of rotatable bonds is 5. The monoisotopic (exact) mass is 283 g/mol. The molecule has 1 atom stereocenters. The summed E-state index contributed by atoms with van der Waals surface area (Å²) in [5.41, 5.74) is 4.17. The SMILES string of the molecule is CCCNC(c1cncs1)c1cccc2cccnc12. The Balaban J connectivity index is 2.09. The lowest BCUT2D eigenvalue weighted by molar-refractivity contribution is 0.607. The molecule has 102 valence electrons. The summed E-state index contributed by atoms with van der Waals surface area (Å²) in [4.78, 5) is 10.0. The fourth-order valence-corrected chi connectivity index (χ4v) is 3.09. The standard InChI is InChI=1S/C16H17N3S/c1-2-8-18-16(14-10-17-11-20-14)13-7-3-5-12-6-4-9-19-15(12)13/h3-7,9-11,16,18H,2,8H2,1H3. The first-order valence-electron chi connectivity index (χ1n) is 6.85. The van der Waals surface area contributed by atoms with E-state index < -0.39 is 0 Å². The van der Waals surface area contributed by atoms with Crippen LogP contribution in [0.4, 0.5) is 0 Å². The van der Waals surface area contributed by atoms with E-state index in [9.17, 15) is 0 Å². The van der Waals surface area contributed by atoms with Gasteiger partial charge in [-0.1, -0.05) is 31.2 Å². The third kappa shape index (κ3) is 2.57. The normalized spacial score (nSPS) is 12.7. The molecule has 2 aromatic heterocycles. The topological polar surface area (TPSA) is 37.8 Å². The largest absolute Gasteiger partial charge is 0.305 e. The van der Waals surface area contributed by atoms with Crippen molar-refractivity contribution in [1.29, 1.82) is 0 Å². The van der Waals surface area contributed by atoms with Gasteiger partial charge in [-0.05, 0) is 19.0 Å². The maximum atomic E-state index is 4.56. The minimum atomic E-state index is 0.168. The number of benzene rings is 1. The molecule has 0 aliphatic heterocycles. The number of thiazole rings is 1. The van der Waals surface area contributed by atoms with Crippen LogP contribution in [0.25, 0.3) is 10.9 Å². The van der Waals surface area contributed by atoms with Crippen molar-refractivity contribution in [3.8, 4) is 0 Å². The molecule has 3 rings (SSSR count). The molecule has 1 aromatic carbocycles. The molecule has 0 radical (unpaired) electrons. The van der Waals surface area contributed by atoms with Gasteiger partial charge in [-0.25, -0.2) is 0 Å². The van der Waals surface area contributed by atoms with E-state index in [0.717, 1.165) is 18.5 Å². The van der Waals surface area contributed by atoms with Gasteiger partial charge in [0.05, 0.1) is 17.1 Å². The molecule has 20 heavy (non-hydrogen) atoms. The number of nitrogens with one attached hydrogen (secondary N) is 1. The smallest absolute Gasteiger partial charge is 0.0794 e. The number of pyridine rings is 1. The molecule has 3 nitrogen and oxygen atoms in total. The predicted octanol–water partition coefficient (Wildman–Crippen LogP) is 3.78. The Kier molecular flexibility index (Phi) is 4.04. The van der Waals surface area contributed by atoms with Crippen molar-refractivity contribution < 1.29 is 0 Å². The third-order valence-corrected chi connectivity index (χ3v) is 4.15. The van der Waals surface area contributed by atoms with Gasteiger partial charge >= 0.3 is 0 Å². The zero-order valence-corrected chi connectivity index (χ0v) is 12.2. The number of para-hydroxylation sites is 1. The lowest BCUT2D eigenvalue weighted by Gasteiger charge is -2.18. The highest BCUT2D eigenvalue weighted by Crippen LogP contribution is 2.29. The Labute approximate surface area is 122 Å². The van der Waals surface area contributed by atoms with Crippen LogP contribution in [0.5, 0.6) is 0 Å². The van der Waals surface area contributed by atoms with Crippen molar-refractivity contribution >= 4 is 22.2 Å². The summed E-state index contributed by atoms with van der Waals surface area (Å²) >= 11 is 1.68. The van der Waals surface area contributed by atoms with Crippen LogP contribution in [-0.2, 0) is 0 Å². The van der Waals surface area contributed by atoms with Crippen molar-refractivity contribution in [3.05, 3.63) is 58.7 Å². The molecule has 0 bridgehead atoms. The molecule has 1 unspecified atom stereocenters. The number of hydrogen-bond acceptors (Lipinski definition) is 4. The second-order valence-corrected chi connectivity index (χ2v) is 5.63. The Morgan fingerprint density at radius 2 is 2.15 bits per heavy atom. The number of hydrogen-bond donors (Lipinski definition) is 1. The quantitative estimate of drug-likeness (QED) is 0.774. The first kappa shape index (κ1) is 13.2. The van der Waals surface area contributed by atoms with Crippen LogP contribution in [0.3, 0.4) is 0 Å². The maximum absolute atomic E-state index is 4.56. The molecule has 2 heterocycles. The Bertz CT molecular complexity index is 674. The highest BCUT2D eigenvalue weighted by atomic mass is 32.1. The molecular formula is C16H17N3S. The second-order valence-electron chi connectivity index (χ2n) is 4.71. The maximum Gasteiger partial charge on any atom is 0.0794 e. The summed E-state index contributed by atoms with van der Waals surface area (Å²) in [5.74, 6) is 0. The van der Waals surface area contributed by atoms with E-state index >= 15 is 0 Å². The van der Waals surface area contributed by atoms with Gasteiger partial charge in [0.15, 0.2) is 0 Å². The highest BCUT2D eigenvalue weighted by molar-refractivity contribution is 7.09. The van der Waals surface area contributed by atoms with Crippen molar-refractivity contribution in [3.63, 3.8) is 0 Å². The molecule has 0 spiro atoms. The first-order chi connectivity index (χ1) is 9.90. The van der Waals surface area contributed by atoms with E-state index in [1.807, 2.05) is 24.0 Å². The van der Waals surface area contributed by atoms with Gasteiger partial charge in [0.2, 0.25) is 0 Å². The molecule has 1 N–H and O–H groups in total. The van der Waals surface area contributed by atoms with Crippen LogP contribution in [0, 0.1) is 0 Å². The highest BCUT2D eigenvalue weighted by Gasteiger charge is 2.17. The molecule has 0 aliphatic rings. The van der Waals surface area contributed by atoms with E-state index in [2.05, 4.69) is 46.5 Å². The molecule has 4 heteroatoms. The van der Waals surface area contributed by atoms with Gasteiger partial charge < -0.3 is 5.32 Å². The van der Waals surface area contributed by atoms with Crippen LogP contribution in [0.1, 0.15) is 29.8 Å². The second kappa shape index (κ2) is 6.11. The minimum absolute atomic E-state index is 0.168. The number of fused-ring (bicyclic) bond motifs is 1. The zero-order valence-electron chi connectivity index (χ0n) is 11.4. The zero-order chi connectivity index (χ0) is 13.8. The molecule has 0 fully saturated rings. The number of aromatic nitrogens is 2. The lowest BCUT2D eigenvalue weighted by Crippen LogP contribution is -2.22. The van der Waals surface area contributed by atoms with Gasteiger partial charge in [-0.3, -0.25) is 9.97 Å². The van der Waals surface area contributed by atoms with Crippen LogP contribution in [-0.4, -0.2) is 16.5 Å². The van der Waals surface area contributed by atoms with Gasteiger partial charge in [0, 0.05) is 28.2 Å². The first-order valence-corrected chi connectivity index (χ1v) is 7.73. The van der Waals surface area contributed by atoms with E-state index in [0.29, 0.717) is 0 Å². The molecular weight excluding hydrogens is 266 g/mol. The van der Waals surface area contributed by atoms with E-state index in [1.165, 1.54) is 15.8 Å². The van der Waals surface area contributed by atoms with Gasteiger partial charge in [-0.15, -0.1) is 11.3 Å². The number of nitrogens with zero attached hydrogens (tertiary/aromatic N) is 2. The van der Waals surface area contributed by atoms with Gasteiger partial charge in [-0.2, -0.15) is 0 Å². The predicted molar refractivity (Wildman–Crippen MR) is 84.0 cm³/mol. The van der Waals surface area contributed by atoms with Crippen molar-refractivity contribution in [2.75, 3.05) is 6.54 Å². The molecule has 3 aromatic rings. The average Bonchev–Trinajstić information content (AvgIpc) is 3.02. The Morgan fingerprint density at radius 1 is 1.25 bits per heavy atom. The Morgan fingerprint density at radius 3 is 2.95 bits per heavy atom. The minimum Gasteiger partial charge on any atom is -0.305 e. The van der Waals surface area contributed by atoms with Crippen LogP contribution in [0.15, 0.2) is 48.2 Å². The third-order valence-electron chi connectivity index (χ3n) is 3.31. The van der Waals surface area contributed by atoms with E-state index in [-0.39, 0.29) is 6.04 Å². The molecule has 0 saturated heterocycles. The van der Waals surface area contributed by atoms with Crippen LogP contribution in [0.2, 0.25) is 0 Å². The van der Waals surface area contributed by atoms with Crippen LogP contribution >= 0.6 is 11.3 Å². The summed E-state index contributed by atoms with van der Waals surface area (Å²) in [6, 6.07) is 10.6. The molecule has 0 amide bonds. The fraction of sp³-hybridized carbons (Fsp3) is 0.250. The average molecular weight is 283 g/mol. The van der Waals surface area contributed by atoms with Crippen LogP contribution < -0.4 is 5.32 Å². The van der Waals surface area contributed by atoms with Crippen molar-refractivity contribution in [2.24, 2.45) is 0 Å². The van der Waals surface area contributed by atoms with Gasteiger partial charge in [0.25, 0.3) is 0 Å². The lowest BCUT2D eigenvalue weighted by atomic mass is 10.0. The van der Waals surface area contributed by atoms with E-state index in [1.54, 1.807) is 11.3 Å². The summed E-state index contributed by atoms with van der Waals surface area (Å²) in [5, 5.41) is 4.79. The summed E-state index contributed by atoms with van der Waals surface area (Å²) in [7, 11) is 0. The summed E-state index contributed by atoms with van der Waals surface area (Å²) < 4.78 is 0. The van der Waals surface area contributed by atoms with Crippen molar-refractivity contribution in [1.82, 2.24) is 15.3 Å². The molecule has 0 saturated carbocycles. The van der Waals surface area contributed by atoms with Crippen molar-refractivity contribution in [2.45, 2.75) is 19.4 Å². The summed E-state index contributed by atoms with van der Waals surface area (Å²) in [6.45, 7) is 3.16.